The first kappa shape index (κ1) is 19.2. The van der Waals surface area contributed by atoms with Crippen molar-refractivity contribution in [2.45, 2.75) is 13.5 Å². The maximum absolute atomic E-state index is 13.3. The molecule has 0 bridgehead atoms. The normalized spacial score (nSPS) is 11.3. The zero-order valence-electron chi connectivity index (χ0n) is 16.6. The summed E-state index contributed by atoms with van der Waals surface area (Å²) in [4.78, 5) is 35.0. The van der Waals surface area contributed by atoms with Gasteiger partial charge in [0.2, 0.25) is 0 Å². The molecule has 0 saturated carbocycles. The van der Waals surface area contributed by atoms with Gasteiger partial charge in [-0.3, -0.25) is 24.1 Å². The second-order valence-electron chi connectivity index (χ2n) is 7.38. The van der Waals surface area contributed by atoms with E-state index in [1.54, 1.807) is 47.6 Å². The van der Waals surface area contributed by atoms with E-state index in [0.717, 1.165) is 11.1 Å². The van der Waals surface area contributed by atoms with Gasteiger partial charge >= 0.3 is 0 Å². The fourth-order valence-corrected chi connectivity index (χ4v) is 3.88. The lowest BCUT2D eigenvalue weighted by molar-refractivity contribution is 0.764. The van der Waals surface area contributed by atoms with Crippen LogP contribution in [-0.4, -0.2) is 19.1 Å². The number of rotatable bonds is 3. The summed E-state index contributed by atoms with van der Waals surface area (Å²) >= 11 is 6.24. The quantitative estimate of drug-likeness (QED) is 0.405. The van der Waals surface area contributed by atoms with Crippen molar-refractivity contribution >= 4 is 33.3 Å². The van der Waals surface area contributed by atoms with Crippen molar-refractivity contribution in [3.05, 3.63) is 110 Å². The maximum atomic E-state index is 13.3. The second-order valence-corrected chi connectivity index (χ2v) is 7.79. The van der Waals surface area contributed by atoms with Crippen LogP contribution in [0.15, 0.2) is 83.0 Å². The van der Waals surface area contributed by atoms with Gasteiger partial charge in [0.05, 0.1) is 28.5 Å². The fraction of sp³-hybridized carbons (Fsp3) is 0.0833. The highest BCUT2D eigenvalue weighted by molar-refractivity contribution is 6.31. The Kier molecular flexibility index (Phi) is 4.64. The van der Waals surface area contributed by atoms with Crippen LogP contribution in [0.2, 0.25) is 5.02 Å². The molecule has 4 aromatic heterocycles. The van der Waals surface area contributed by atoms with E-state index in [4.69, 9.17) is 11.6 Å². The van der Waals surface area contributed by atoms with E-state index in [-0.39, 0.29) is 11.1 Å². The summed E-state index contributed by atoms with van der Waals surface area (Å²) in [6, 6.07) is 12.8. The third kappa shape index (κ3) is 3.31. The lowest BCUT2D eigenvalue weighted by atomic mass is 10.1. The number of nitrogens with zero attached hydrogens (tertiary/aromatic N) is 4. The van der Waals surface area contributed by atoms with Crippen LogP contribution >= 0.6 is 11.6 Å². The zero-order valence-corrected chi connectivity index (χ0v) is 17.4. The summed E-state index contributed by atoms with van der Waals surface area (Å²) in [5, 5.41) is 1.97. The molecule has 152 valence electrons. The van der Waals surface area contributed by atoms with Gasteiger partial charge < -0.3 is 4.57 Å². The Bertz CT molecular complexity index is 1570. The Hall–Kier alpha value is -3.77. The number of fused-ring (bicyclic) bond motifs is 3. The van der Waals surface area contributed by atoms with E-state index in [9.17, 15) is 9.59 Å². The van der Waals surface area contributed by atoms with Crippen molar-refractivity contribution in [2.75, 3.05) is 0 Å². The van der Waals surface area contributed by atoms with Crippen LogP contribution in [0, 0.1) is 6.92 Å². The predicted octanol–water partition coefficient (Wildman–Crippen LogP) is 4.11. The van der Waals surface area contributed by atoms with Crippen LogP contribution in [0.1, 0.15) is 11.1 Å². The average Bonchev–Trinajstić information content (AvgIpc) is 2.78. The first-order valence-electron chi connectivity index (χ1n) is 9.72. The Labute approximate surface area is 182 Å². The minimum absolute atomic E-state index is 0.199. The van der Waals surface area contributed by atoms with Crippen molar-refractivity contribution in [2.24, 2.45) is 0 Å². The van der Waals surface area contributed by atoms with Crippen LogP contribution in [-0.2, 0) is 6.54 Å². The Balaban J connectivity index is 1.71. The Morgan fingerprint density at radius 2 is 1.84 bits per heavy atom. The molecule has 31 heavy (non-hydrogen) atoms. The molecule has 1 aromatic carbocycles. The standard InChI is InChI=1S/C24H17ClN4O2/c1-15-4-5-17(11-20(15)25)29-10-6-18-19(23(29)30)13-27-21-7-9-28(24(31)22(18)21)14-16-3-2-8-26-12-16/h2-13H,14H2,1H3. The maximum Gasteiger partial charge on any atom is 0.264 e. The number of aromatic nitrogens is 4. The van der Waals surface area contributed by atoms with Gasteiger partial charge in [-0.2, -0.15) is 0 Å². The first-order valence-corrected chi connectivity index (χ1v) is 10.1. The average molecular weight is 429 g/mol. The molecule has 0 atom stereocenters. The molecule has 0 radical (unpaired) electrons. The van der Waals surface area contributed by atoms with E-state index in [1.165, 1.54) is 10.8 Å². The van der Waals surface area contributed by atoms with Gasteiger partial charge in [0.25, 0.3) is 11.1 Å². The van der Waals surface area contributed by atoms with Gasteiger partial charge in [0, 0.05) is 41.4 Å². The van der Waals surface area contributed by atoms with Crippen molar-refractivity contribution in [1.29, 1.82) is 0 Å². The minimum atomic E-state index is -0.256. The molecule has 0 spiro atoms. The van der Waals surface area contributed by atoms with Gasteiger partial charge in [-0.15, -0.1) is 0 Å². The summed E-state index contributed by atoms with van der Waals surface area (Å²) < 4.78 is 3.12. The van der Waals surface area contributed by atoms with E-state index in [0.29, 0.717) is 38.9 Å². The Morgan fingerprint density at radius 3 is 2.61 bits per heavy atom. The van der Waals surface area contributed by atoms with Gasteiger partial charge in [-0.1, -0.05) is 23.7 Å². The summed E-state index contributed by atoms with van der Waals surface area (Å²) in [5.74, 6) is 0. The number of pyridine rings is 4. The molecule has 0 N–H and O–H groups in total. The van der Waals surface area contributed by atoms with Gasteiger partial charge in [0.15, 0.2) is 0 Å². The van der Waals surface area contributed by atoms with Crippen LogP contribution in [0.4, 0.5) is 0 Å². The number of halogens is 1. The highest BCUT2D eigenvalue weighted by atomic mass is 35.5. The summed E-state index contributed by atoms with van der Waals surface area (Å²) in [6.45, 7) is 2.29. The van der Waals surface area contributed by atoms with Crippen molar-refractivity contribution in [3.8, 4) is 5.69 Å². The lowest BCUT2D eigenvalue weighted by Gasteiger charge is -2.11. The second kappa shape index (κ2) is 7.49. The number of hydrogen-bond donors (Lipinski definition) is 0. The minimum Gasteiger partial charge on any atom is -0.310 e. The number of benzene rings is 1. The van der Waals surface area contributed by atoms with Crippen LogP contribution in [0.25, 0.3) is 27.4 Å². The Morgan fingerprint density at radius 1 is 0.968 bits per heavy atom. The van der Waals surface area contributed by atoms with Gasteiger partial charge in [-0.05, 0) is 48.4 Å². The molecule has 4 heterocycles. The number of aryl methyl sites for hydroxylation is 1. The summed E-state index contributed by atoms with van der Waals surface area (Å²) in [7, 11) is 0. The molecule has 0 aliphatic heterocycles. The molecule has 0 aliphatic rings. The molecule has 0 unspecified atom stereocenters. The fourth-order valence-electron chi connectivity index (χ4n) is 3.70. The van der Waals surface area contributed by atoms with E-state index >= 15 is 0 Å². The van der Waals surface area contributed by atoms with Crippen molar-refractivity contribution in [1.82, 2.24) is 19.1 Å². The molecule has 0 fully saturated rings. The molecular weight excluding hydrogens is 412 g/mol. The van der Waals surface area contributed by atoms with Gasteiger partial charge in [-0.25, -0.2) is 0 Å². The molecule has 5 aromatic rings. The molecule has 5 rings (SSSR count). The molecular formula is C24H17ClN4O2. The molecule has 0 saturated heterocycles. The molecule has 0 aliphatic carbocycles. The first-order chi connectivity index (χ1) is 15.0. The monoisotopic (exact) mass is 428 g/mol. The number of hydrogen-bond acceptors (Lipinski definition) is 4. The third-order valence-corrected chi connectivity index (χ3v) is 5.79. The highest BCUT2D eigenvalue weighted by Crippen LogP contribution is 2.22. The lowest BCUT2D eigenvalue weighted by Crippen LogP contribution is -2.22. The predicted molar refractivity (Wildman–Crippen MR) is 122 cm³/mol. The van der Waals surface area contributed by atoms with Crippen LogP contribution < -0.4 is 11.1 Å². The van der Waals surface area contributed by atoms with Crippen molar-refractivity contribution in [3.63, 3.8) is 0 Å². The van der Waals surface area contributed by atoms with E-state index in [2.05, 4.69) is 9.97 Å². The molecule has 6 nitrogen and oxygen atoms in total. The summed E-state index contributed by atoms with van der Waals surface area (Å²) in [6.07, 6.45) is 8.33. The summed E-state index contributed by atoms with van der Waals surface area (Å²) in [5.41, 5.74) is 2.60. The van der Waals surface area contributed by atoms with E-state index in [1.807, 2.05) is 31.2 Å². The van der Waals surface area contributed by atoms with Gasteiger partial charge in [0.1, 0.15) is 0 Å². The van der Waals surface area contributed by atoms with Crippen molar-refractivity contribution < 1.29 is 0 Å². The highest BCUT2D eigenvalue weighted by Gasteiger charge is 2.13. The smallest absolute Gasteiger partial charge is 0.264 e. The third-order valence-electron chi connectivity index (χ3n) is 5.38. The topological polar surface area (TPSA) is 69.8 Å². The largest absolute Gasteiger partial charge is 0.310 e. The van der Waals surface area contributed by atoms with E-state index < -0.39 is 0 Å². The molecule has 7 heteroatoms. The van der Waals surface area contributed by atoms with Crippen LogP contribution in [0.5, 0.6) is 0 Å². The zero-order chi connectivity index (χ0) is 21.5. The van der Waals surface area contributed by atoms with Crippen LogP contribution in [0.3, 0.4) is 0 Å². The molecule has 0 amide bonds. The SMILES string of the molecule is Cc1ccc(-n2ccc3c(cnc4ccn(Cc5cccnc5)c(=O)c43)c2=O)cc1Cl.